The molecule has 552 valence electrons. The second-order valence-electron chi connectivity index (χ2n) is 27.9. The number of hydrogen-bond acceptors (Lipinski definition) is 12. The van der Waals surface area contributed by atoms with Gasteiger partial charge >= 0.3 is 0 Å². The number of phenolic OH excluding ortho intramolecular Hbond substituents is 4. The monoisotopic (exact) mass is 1440 g/mol. The van der Waals surface area contributed by atoms with E-state index in [-0.39, 0.29) is 49.4 Å². The van der Waals surface area contributed by atoms with Crippen LogP contribution < -0.4 is 18.9 Å². The van der Waals surface area contributed by atoms with Crippen LogP contribution in [0.2, 0.25) is 0 Å². The van der Waals surface area contributed by atoms with Gasteiger partial charge in [0.1, 0.15) is 96.8 Å². The number of aromatic hydroxyl groups is 4. The fourth-order valence-corrected chi connectivity index (χ4v) is 15.4. The van der Waals surface area contributed by atoms with E-state index in [2.05, 4.69) is 72.8 Å². The van der Waals surface area contributed by atoms with Crippen molar-refractivity contribution in [1.82, 2.24) is 0 Å². The van der Waals surface area contributed by atoms with Crippen molar-refractivity contribution in [3.05, 3.63) is 380 Å². The third-order valence-electron chi connectivity index (χ3n) is 21.3. The van der Waals surface area contributed by atoms with E-state index < -0.39 is 48.1 Å². The van der Waals surface area contributed by atoms with Crippen LogP contribution in [-0.4, -0.2) is 75.3 Å². The Morgan fingerprint density at radius 1 is 0.231 bits per heavy atom. The van der Waals surface area contributed by atoms with Crippen molar-refractivity contribution in [3.63, 3.8) is 0 Å². The Labute approximate surface area is 635 Å². The van der Waals surface area contributed by atoms with Gasteiger partial charge in [-0.05, 0) is 120 Å². The summed E-state index contributed by atoms with van der Waals surface area (Å²) in [6.45, 7) is 0.255. The molecule has 1 aliphatic carbocycles. The molecule has 0 aromatic heterocycles. The van der Waals surface area contributed by atoms with Gasteiger partial charge in [0, 0.05) is 121 Å². The molecule has 12 heteroatoms. The van der Waals surface area contributed by atoms with Crippen molar-refractivity contribution in [2.24, 2.45) is 0 Å². The van der Waals surface area contributed by atoms with Crippen LogP contribution in [0.25, 0.3) is 0 Å². The van der Waals surface area contributed by atoms with Crippen LogP contribution in [0.3, 0.4) is 0 Å². The van der Waals surface area contributed by atoms with Gasteiger partial charge in [-0.15, -0.1) is 0 Å². The van der Waals surface area contributed by atoms with Crippen molar-refractivity contribution >= 4 is 0 Å². The molecule has 13 rings (SSSR count). The fraction of sp³-hybridized carbons (Fsp3) is 0.250. The Kier molecular flexibility index (Phi) is 25.7. The lowest BCUT2D eigenvalue weighted by Gasteiger charge is -2.31. The summed E-state index contributed by atoms with van der Waals surface area (Å²) in [6.07, 6.45) is 1.96. The van der Waals surface area contributed by atoms with Gasteiger partial charge in [-0.3, -0.25) is 0 Å². The predicted octanol–water partition coefficient (Wildman–Crippen LogP) is 20.9. The van der Waals surface area contributed by atoms with Crippen molar-refractivity contribution < 1.29 is 58.3 Å². The van der Waals surface area contributed by atoms with Crippen LogP contribution in [0.5, 0.6) is 46.0 Å². The van der Waals surface area contributed by atoms with Gasteiger partial charge in [0.2, 0.25) is 0 Å². The first-order valence-electron chi connectivity index (χ1n) is 37.5. The van der Waals surface area contributed by atoms with Crippen LogP contribution in [0.15, 0.2) is 291 Å². The SMILES string of the molecule is CO[C@@H](COc1cc(O)c2cc1C(CCc1ccccc1)c1cc(c(OC[C@H](OC)c3ccccc3)cc1O)C(CCc1ccccc1)c1cc(c(OC[C@H](OC)c3ccccc3)cc1O)C(CCc1ccccc1)c1cc(c(OC[C@H](OC)c3ccccc3)cc1O)C2CCc1ccccc1)c1ccccc1. The molecule has 8 atom stereocenters. The second kappa shape index (κ2) is 36.9. The lowest BCUT2D eigenvalue weighted by Crippen LogP contribution is -2.18. The molecule has 0 heterocycles. The summed E-state index contributed by atoms with van der Waals surface area (Å²) >= 11 is 0. The van der Waals surface area contributed by atoms with Crippen molar-refractivity contribution in [3.8, 4) is 46.0 Å². The van der Waals surface area contributed by atoms with E-state index >= 15 is 0 Å². The van der Waals surface area contributed by atoms with E-state index in [1.54, 1.807) is 52.7 Å². The first-order chi connectivity index (χ1) is 53.0. The largest absolute Gasteiger partial charge is 0.508 e. The second-order valence-corrected chi connectivity index (χ2v) is 27.9. The van der Waals surface area contributed by atoms with Crippen molar-refractivity contribution in [1.29, 1.82) is 0 Å². The number of rotatable bonds is 32. The minimum atomic E-state index is -0.668. The highest BCUT2D eigenvalue weighted by molar-refractivity contribution is 5.63. The zero-order valence-electron chi connectivity index (χ0n) is 61.9. The van der Waals surface area contributed by atoms with Gasteiger partial charge in [0.25, 0.3) is 0 Å². The molecule has 8 bridgehead atoms. The zero-order valence-corrected chi connectivity index (χ0v) is 61.9. The van der Waals surface area contributed by atoms with Gasteiger partial charge in [-0.25, -0.2) is 0 Å². The number of ether oxygens (including phenoxy) is 8. The lowest BCUT2D eigenvalue weighted by atomic mass is 9.76. The standard InChI is InChI=1S/C96H96O12/c1-101-93(69-37-21-9-22-38-69)61-105-89-57-85(97)77-53-81(89)73(49-45-65-29-13-5-14-30-65)78-54-82(90(58-86(78)98)106-62-94(102-2)70-39-23-10-24-40-70)75(51-47-67-33-17-7-18-34-67)80-56-84(92(60-88(80)100)108-64-96(104-4)72-43-27-12-28-44-72)76(52-48-68-35-19-8-20-36-68)79-55-83(74(77)50-46-66-31-15-6-16-32-66)91(59-87(79)99)107-63-95(103-3)71-41-25-11-26-42-71/h5-44,53-60,73-76,93-100H,45-52,61-64H2,1-4H3/t73?,74?,75?,76?,93-,94-,95-,96-/m0/s1. The van der Waals surface area contributed by atoms with E-state index in [9.17, 15) is 20.4 Å². The highest BCUT2D eigenvalue weighted by Gasteiger charge is 2.36. The van der Waals surface area contributed by atoms with E-state index in [0.29, 0.717) is 119 Å². The average Bonchev–Trinajstić information content (AvgIpc) is 0.750. The smallest absolute Gasteiger partial charge is 0.126 e. The van der Waals surface area contributed by atoms with Crippen molar-refractivity contribution in [2.45, 2.75) is 99.5 Å². The summed E-state index contributed by atoms with van der Waals surface area (Å²) < 4.78 is 53.7. The molecular weight excluding hydrogens is 1350 g/mol. The molecule has 12 aromatic rings. The Hall–Kier alpha value is -11.1. The van der Waals surface area contributed by atoms with Crippen LogP contribution >= 0.6 is 0 Å². The molecule has 0 saturated carbocycles. The number of aryl methyl sites for hydroxylation is 4. The number of hydrogen-bond donors (Lipinski definition) is 4. The Bertz CT molecular complexity index is 4170. The van der Waals surface area contributed by atoms with Crippen LogP contribution in [0.1, 0.15) is 163 Å². The van der Waals surface area contributed by atoms with Gasteiger partial charge in [-0.1, -0.05) is 243 Å². The number of methoxy groups -OCH3 is 4. The molecule has 4 N–H and O–H groups in total. The average molecular weight is 1440 g/mol. The third kappa shape index (κ3) is 18.5. The normalized spacial score (nSPS) is 15.8. The molecule has 4 unspecified atom stereocenters. The third-order valence-corrected chi connectivity index (χ3v) is 21.3. The van der Waals surface area contributed by atoms with E-state index in [1.807, 2.05) is 194 Å². The van der Waals surface area contributed by atoms with Gasteiger partial charge in [0.05, 0.1) is 0 Å². The summed E-state index contributed by atoms with van der Waals surface area (Å²) in [7, 11) is 6.67. The summed E-state index contributed by atoms with van der Waals surface area (Å²) in [5.74, 6) is -1.25. The Morgan fingerprint density at radius 2 is 0.407 bits per heavy atom. The maximum absolute atomic E-state index is 13.5. The first-order valence-corrected chi connectivity index (χ1v) is 37.5. The molecule has 12 aromatic carbocycles. The van der Waals surface area contributed by atoms with Gasteiger partial charge < -0.3 is 58.3 Å². The molecular formula is C96H96O12. The summed E-state index contributed by atoms with van der Waals surface area (Å²) in [6, 6.07) is 96.3. The highest BCUT2D eigenvalue weighted by Crippen LogP contribution is 2.54. The summed E-state index contributed by atoms with van der Waals surface area (Å²) in [5.41, 5.74) is 13.0. The minimum Gasteiger partial charge on any atom is -0.508 e. The molecule has 12 nitrogen and oxygen atoms in total. The molecule has 0 saturated heterocycles. The molecule has 0 aliphatic heterocycles. The van der Waals surface area contributed by atoms with Gasteiger partial charge in [-0.2, -0.15) is 0 Å². The van der Waals surface area contributed by atoms with Crippen molar-refractivity contribution in [2.75, 3.05) is 54.9 Å². The minimum absolute atomic E-state index is 0.0330. The summed E-state index contributed by atoms with van der Waals surface area (Å²) in [4.78, 5) is 0. The maximum Gasteiger partial charge on any atom is 0.126 e. The predicted molar refractivity (Wildman–Crippen MR) is 426 cm³/mol. The zero-order chi connectivity index (χ0) is 74.6. The van der Waals surface area contributed by atoms with Crippen LogP contribution in [0, 0.1) is 0 Å². The molecule has 108 heavy (non-hydrogen) atoms. The fourth-order valence-electron chi connectivity index (χ4n) is 15.4. The molecule has 0 amide bonds. The molecule has 0 fully saturated rings. The lowest BCUT2D eigenvalue weighted by molar-refractivity contribution is 0.0568. The Balaban J connectivity index is 1.13. The Morgan fingerprint density at radius 3 is 0.583 bits per heavy atom. The van der Waals surface area contributed by atoms with Gasteiger partial charge in [0.15, 0.2) is 0 Å². The quantitative estimate of drug-likeness (QED) is 0.0317. The number of phenols is 4. The highest BCUT2D eigenvalue weighted by atomic mass is 16.5. The van der Waals surface area contributed by atoms with Crippen LogP contribution in [-0.2, 0) is 44.6 Å². The first kappa shape index (κ1) is 75.1. The molecule has 1 aliphatic rings. The van der Waals surface area contributed by atoms with E-state index in [1.165, 1.54) is 0 Å². The maximum atomic E-state index is 13.5. The number of fused-ring (bicyclic) bond motifs is 8. The molecule has 0 spiro atoms. The number of benzene rings is 12. The molecule has 0 radical (unpaired) electrons. The topological polar surface area (TPSA) is 155 Å². The van der Waals surface area contributed by atoms with Crippen LogP contribution in [0.4, 0.5) is 0 Å². The summed E-state index contributed by atoms with van der Waals surface area (Å²) in [5, 5.41) is 54.1. The van der Waals surface area contributed by atoms with E-state index in [0.717, 1.165) is 44.5 Å². The van der Waals surface area contributed by atoms with E-state index in [4.69, 9.17) is 37.9 Å².